The van der Waals surface area contributed by atoms with Crippen LogP contribution in [0.4, 0.5) is 4.39 Å². The SMILES string of the molecule is CCc1[nH]c(CSc2ccccc2F)nc(=S)c1Br. The zero-order valence-corrected chi connectivity index (χ0v) is 13.5. The summed E-state index contributed by atoms with van der Waals surface area (Å²) in [7, 11) is 0. The zero-order valence-electron chi connectivity index (χ0n) is 10.2. The van der Waals surface area contributed by atoms with Crippen molar-refractivity contribution in [1.29, 1.82) is 0 Å². The smallest absolute Gasteiger partial charge is 0.144 e. The number of aryl methyl sites for hydroxylation is 1. The predicted molar refractivity (Wildman–Crippen MR) is 82.5 cm³/mol. The minimum absolute atomic E-state index is 0.209. The molecule has 1 heterocycles. The van der Waals surface area contributed by atoms with Crippen molar-refractivity contribution in [3.8, 4) is 0 Å². The van der Waals surface area contributed by atoms with E-state index in [9.17, 15) is 4.39 Å². The van der Waals surface area contributed by atoms with Crippen LogP contribution in [-0.2, 0) is 12.2 Å². The number of halogens is 2. The van der Waals surface area contributed by atoms with Crippen LogP contribution in [-0.4, -0.2) is 9.97 Å². The molecule has 1 aromatic carbocycles. The standard InChI is InChI=1S/C13H12BrFN2S2/c1-2-9-12(14)13(18)17-11(16-9)7-19-10-6-4-3-5-8(10)15/h3-6H,2,7H2,1H3,(H,16,17,18). The Labute approximate surface area is 129 Å². The van der Waals surface area contributed by atoms with E-state index in [1.165, 1.54) is 17.8 Å². The Morgan fingerprint density at radius 1 is 1.42 bits per heavy atom. The first-order chi connectivity index (χ1) is 9.11. The van der Waals surface area contributed by atoms with E-state index < -0.39 is 0 Å². The maximum Gasteiger partial charge on any atom is 0.144 e. The Hall–Kier alpha value is -0.720. The highest BCUT2D eigenvalue weighted by molar-refractivity contribution is 9.10. The Balaban J connectivity index is 2.19. The molecule has 19 heavy (non-hydrogen) atoms. The lowest BCUT2D eigenvalue weighted by atomic mass is 10.3. The number of H-pyrrole nitrogens is 1. The minimum atomic E-state index is -0.209. The Kier molecular flexibility index (Phi) is 5.13. The summed E-state index contributed by atoms with van der Waals surface area (Å²) >= 11 is 10.0. The van der Waals surface area contributed by atoms with Crippen molar-refractivity contribution < 1.29 is 4.39 Å². The van der Waals surface area contributed by atoms with Gasteiger partial charge in [0, 0.05) is 10.6 Å². The summed E-state index contributed by atoms with van der Waals surface area (Å²) < 4.78 is 14.9. The molecule has 2 nitrogen and oxygen atoms in total. The van der Waals surface area contributed by atoms with Gasteiger partial charge in [-0.2, -0.15) is 0 Å². The van der Waals surface area contributed by atoms with E-state index in [0.29, 0.717) is 15.3 Å². The second kappa shape index (κ2) is 6.63. The number of benzene rings is 1. The lowest BCUT2D eigenvalue weighted by molar-refractivity contribution is 0.602. The van der Waals surface area contributed by atoms with Crippen molar-refractivity contribution >= 4 is 39.9 Å². The first-order valence-electron chi connectivity index (χ1n) is 5.76. The molecule has 0 fully saturated rings. The van der Waals surface area contributed by atoms with Gasteiger partial charge in [-0.15, -0.1) is 11.8 Å². The lowest BCUT2D eigenvalue weighted by Gasteiger charge is -2.07. The van der Waals surface area contributed by atoms with Gasteiger partial charge in [-0.1, -0.05) is 31.3 Å². The molecule has 0 radical (unpaired) electrons. The topological polar surface area (TPSA) is 28.7 Å². The highest BCUT2D eigenvalue weighted by atomic mass is 79.9. The van der Waals surface area contributed by atoms with E-state index >= 15 is 0 Å². The molecule has 2 rings (SSSR count). The largest absolute Gasteiger partial charge is 0.345 e. The monoisotopic (exact) mass is 358 g/mol. The van der Waals surface area contributed by atoms with Crippen LogP contribution >= 0.6 is 39.9 Å². The van der Waals surface area contributed by atoms with Crippen LogP contribution in [0, 0.1) is 10.5 Å². The molecule has 100 valence electrons. The van der Waals surface area contributed by atoms with E-state index in [1.807, 2.05) is 13.0 Å². The molecule has 0 aliphatic heterocycles. The second-order valence-corrected chi connectivity index (χ2v) is 6.05. The predicted octanol–water partition coefficient (Wildman–Crippen LogP) is 4.90. The van der Waals surface area contributed by atoms with Gasteiger partial charge in [0.25, 0.3) is 0 Å². The molecule has 0 saturated heterocycles. The van der Waals surface area contributed by atoms with Gasteiger partial charge in [0.15, 0.2) is 0 Å². The third-order valence-electron chi connectivity index (χ3n) is 2.54. The third-order valence-corrected chi connectivity index (χ3v) is 5.01. The van der Waals surface area contributed by atoms with Crippen molar-refractivity contribution in [2.45, 2.75) is 24.0 Å². The summed E-state index contributed by atoms with van der Waals surface area (Å²) in [5.74, 6) is 1.11. The van der Waals surface area contributed by atoms with E-state index in [-0.39, 0.29) is 5.82 Å². The van der Waals surface area contributed by atoms with Crippen LogP contribution in [0.2, 0.25) is 0 Å². The average Bonchev–Trinajstić information content (AvgIpc) is 2.41. The van der Waals surface area contributed by atoms with E-state index in [1.54, 1.807) is 12.1 Å². The van der Waals surface area contributed by atoms with Crippen molar-refractivity contribution in [3.63, 3.8) is 0 Å². The van der Waals surface area contributed by atoms with Crippen LogP contribution in [0.5, 0.6) is 0 Å². The van der Waals surface area contributed by atoms with Gasteiger partial charge < -0.3 is 4.98 Å². The molecule has 0 spiro atoms. The quantitative estimate of drug-likeness (QED) is 0.622. The van der Waals surface area contributed by atoms with Gasteiger partial charge >= 0.3 is 0 Å². The Morgan fingerprint density at radius 2 is 2.16 bits per heavy atom. The molecule has 6 heteroatoms. The fourth-order valence-corrected chi connectivity index (χ4v) is 3.09. The number of aromatic nitrogens is 2. The normalized spacial score (nSPS) is 10.7. The van der Waals surface area contributed by atoms with E-state index in [2.05, 4.69) is 25.9 Å². The van der Waals surface area contributed by atoms with Crippen LogP contribution in [0.3, 0.4) is 0 Å². The molecule has 0 saturated carbocycles. The van der Waals surface area contributed by atoms with Crippen LogP contribution in [0.15, 0.2) is 33.6 Å². The van der Waals surface area contributed by atoms with Crippen LogP contribution in [0.1, 0.15) is 18.4 Å². The summed E-state index contributed by atoms with van der Waals surface area (Å²) in [6.45, 7) is 2.04. The fourth-order valence-electron chi connectivity index (χ4n) is 1.58. The molecule has 0 amide bonds. The number of nitrogens with zero attached hydrogens (tertiary/aromatic N) is 1. The maximum absolute atomic E-state index is 13.5. The number of nitrogens with one attached hydrogen (secondary N) is 1. The summed E-state index contributed by atoms with van der Waals surface area (Å²) in [5, 5.41) is 0. The molecule has 0 bridgehead atoms. The van der Waals surface area contributed by atoms with Gasteiger partial charge in [-0.25, -0.2) is 9.37 Å². The van der Waals surface area contributed by atoms with Crippen molar-refractivity contribution in [1.82, 2.24) is 9.97 Å². The molecule has 0 aliphatic rings. The number of hydrogen-bond acceptors (Lipinski definition) is 3. The van der Waals surface area contributed by atoms with Gasteiger partial charge in [0.1, 0.15) is 16.3 Å². The summed E-state index contributed by atoms with van der Waals surface area (Å²) in [5.41, 5.74) is 1.02. The first kappa shape index (κ1) is 14.7. The molecule has 1 N–H and O–H groups in total. The minimum Gasteiger partial charge on any atom is -0.345 e. The van der Waals surface area contributed by atoms with Crippen molar-refractivity contribution in [2.75, 3.05) is 0 Å². The van der Waals surface area contributed by atoms with Crippen LogP contribution in [0.25, 0.3) is 0 Å². The molecule has 0 aliphatic carbocycles. The van der Waals surface area contributed by atoms with Gasteiger partial charge in [0.2, 0.25) is 0 Å². The lowest BCUT2D eigenvalue weighted by Crippen LogP contribution is -2.00. The number of thioether (sulfide) groups is 1. The molecular weight excluding hydrogens is 347 g/mol. The van der Waals surface area contributed by atoms with Crippen molar-refractivity contribution in [2.24, 2.45) is 0 Å². The van der Waals surface area contributed by atoms with E-state index in [4.69, 9.17) is 12.2 Å². The second-order valence-electron chi connectivity index (χ2n) is 3.85. The summed E-state index contributed by atoms with van der Waals surface area (Å²) in [4.78, 5) is 8.14. The van der Waals surface area contributed by atoms with E-state index in [0.717, 1.165) is 22.4 Å². The first-order valence-corrected chi connectivity index (χ1v) is 7.95. The maximum atomic E-state index is 13.5. The molecule has 2 aromatic rings. The molecule has 0 atom stereocenters. The number of rotatable bonds is 4. The third kappa shape index (κ3) is 3.64. The Bertz CT molecular complexity index is 643. The molecule has 1 aromatic heterocycles. The zero-order chi connectivity index (χ0) is 13.8. The highest BCUT2D eigenvalue weighted by Crippen LogP contribution is 2.25. The highest BCUT2D eigenvalue weighted by Gasteiger charge is 2.07. The van der Waals surface area contributed by atoms with Gasteiger partial charge in [0.05, 0.1) is 10.2 Å². The molecular formula is C13H12BrFN2S2. The number of aromatic amines is 1. The van der Waals surface area contributed by atoms with Gasteiger partial charge in [-0.3, -0.25) is 0 Å². The van der Waals surface area contributed by atoms with Crippen LogP contribution < -0.4 is 0 Å². The van der Waals surface area contributed by atoms with Gasteiger partial charge in [-0.05, 0) is 34.5 Å². The summed E-state index contributed by atoms with van der Waals surface area (Å²) in [6.07, 6.45) is 0.837. The Morgan fingerprint density at radius 3 is 2.84 bits per heavy atom. The average molecular weight is 359 g/mol. The summed E-state index contributed by atoms with van der Waals surface area (Å²) in [6, 6.07) is 6.71. The molecule has 0 unspecified atom stereocenters. The van der Waals surface area contributed by atoms with Crippen molar-refractivity contribution in [3.05, 3.63) is 50.7 Å². The fraction of sp³-hybridized carbons (Fsp3) is 0.231. The number of hydrogen-bond donors (Lipinski definition) is 1.